The predicted octanol–water partition coefficient (Wildman–Crippen LogP) is 1.69. The minimum atomic E-state index is -0.376. The Hall–Kier alpha value is -1.33. The Morgan fingerprint density at radius 2 is 2.21 bits per heavy atom. The third kappa shape index (κ3) is 5.04. The van der Waals surface area contributed by atoms with Crippen LogP contribution in [0.2, 0.25) is 5.15 Å². The number of halogens is 1. The number of amides is 1. The van der Waals surface area contributed by atoms with Crippen LogP contribution in [0.1, 0.15) is 30.1 Å². The lowest BCUT2D eigenvalue weighted by atomic mass is 10.2. The van der Waals surface area contributed by atoms with Gasteiger partial charge in [-0.25, -0.2) is 4.98 Å². The lowest BCUT2D eigenvalue weighted by Crippen LogP contribution is -2.27. The number of rotatable bonds is 6. The van der Waals surface area contributed by atoms with Gasteiger partial charge >= 0.3 is 0 Å². The van der Waals surface area contributed by atoms with Crippen LogP contribution in [0.3, 0.4) is 0 Å². The maximum Gasteiger partial charge on any atom is 0.251 e. The van der Waals surface area contributed by atoms with E-state index in [1.807, 2.05) is 21.0 Å². The zero-order valence-electron chi connectivity index (χ0n) is 11.5. The van der Waals surface area contributed by atoms with E-state index in [1.165, 1.54) is 6.07 Å². The van der Waals surface area contributed by atoms with Crippen molar-refractivity contribution in [2.45, 2.75) is 25.9 Å². The van der Waals surface area contributed by atoms with Gasteiger partial charge in [-0.2, -0.15) is 0 Å². The lowest BCUT2D eigenvalue weighted by molar-refractivity contribution is 0.0942. The Bertz CT molecular complexity index is 438. The number of hydrogen-bond acceptors (Lipinski definition) is 4. The molecule has 2 N–H and O–H groups in total. The van der Waals surface area contributed by atoms with Gasteiger partial charge in [0.25, 0.3) is 5.91 Å². The van der Waals surface area contributed by atoms with Crippen molar-refractivity contribution < 1.29 is 9.90 Å². The lowest BCUT2D eigenvalue weighted by Gasteiger charge is -2.13. The van der Waals surface area contributed by atoms with E-state index < -0.39 is 0 Å². The van der Waals surface area contributed by atoms with Gasteiger partial charge in [0.15, 0.2) is 0 Å². The summed E-state index contributed by atoms with van der Waals surface area (Å²) in [5.74, 6) is 0.418. The molecule has 0 aliphatic carbocycles. The average molecular weight is 286 g/mol. The summed E-state index contributed by atoms with van der Waals surface area (Å²) in [5.41, 5.74) is 0.467. The van der Waals surface area contributed by atoms with E-state index in [4.69, 9.17) is 11.6 Å². The third-order valence-electron chi connectivity index (χ3n) is 2.74. The molecule has 19 heavy (non-hydrogen) atoms. The van der Waals surface area contributed by atoms with Crippen molar-refractivity contribution in [2.24, 2.45) is 0 Å². The van der Waals surface area contributed by atoms with Crippen LogP contribution >= 0.6 is 11.6 Å². The van der Waals surface area contributed by atoms with Crippen molar-refractivity contribution in [2.75, 3.05) is 25.5 Å². The second-order valence-corrected chi connectivity index (χ2v) is 4.93. The van der Waals surface area contributed by atoms with E-state index in [2.05, 4.69) is 10.3 Å². The molecular weight excluding hydrogens is 266 g/mol. The quantitative estimate of drug-likeness (QED) is 0.781. The van der Waals surface area contributed by atoms with Gasteiger partial charge in [0.05, 0.1) is 6.10 Å². The molecule has 1 amide bonds. The number of nitrogens with one attached hydrogen (secondary N) is 1. The highest BCUT2D eigenvalue weighted by atomic mass is 35.5. The minimum absolute atomic E-state index is 0.212. The maximum atomic E-state index is 11.9. The summed E-state index contributed by atoms with van der Waals surface area (Å²) in [7, 11) is 3.66. The molecule has 0 saturated carbocycles. The SMILES string of the molecule is CCC(O)CCNC(=O)c1cc(Cl)nc(N(C)C)c1. The predicted molar refractivity (Wildman–Crippen MR) is 76.8 cm³/mol. The molecular formula is C13H20ClN3O2. The molecule has 1 unspecified atom stereocenters. The van der Waals surface area contributed by atoms with Crippen molar-refractivity contribution in [1.82, 2.24) is 10.3 Å². The fourth-order valence-electron chi connectivity index (χ4n) is 1.50. The maximum absolute atomic E-state index is 11.9. The molecule has 106 valence electrons. The number of aliphatic hydroxyl groups is 1. The normalized spacial score (nSPS) is 12.1. The molecule has 0 radical (unpaired) electrons. The number of aromatic nitrogens is 1. The van der Waals surface area contributed by atoms with Crippen LogP contribution in [0.15, 0.2) is 12.1 Å². The molecule has 1 heterocycles. The van der Waals surface area contributed by atoms with Gasteiger partial charge in [-0.15, -0.1) is 0 Å². The van der Waals surface area contributed by atoms with Crippen molar-refractivity contribution in [1.29, 1.82) is 0 Å². The molecule has 0 saturated heterocycles. The molecule has 0 bridgehead atoms. The zero-order valence-corrected chi connectivity index (χ0v) is 12.2. The largest absolute Gasteiger partial charge is 0.393 e. The highest BCUT2D eigenvalue weighted by Crippen LogP contribution is 2.16. The summed E-state index contributed by atoms with van der Waals surface area (Å²) < 4.78 is 0. The molecule has 1 aromatic heterocycles. The van der Waals surface area contributed by atoms with Gasteiger partial charge < -0.3 is 15.3 Å². The molecule has 5 nitrogen and oxygen atoms in total. The summed E-state index contributed by atoms with van der Waals surface area (Å²) in [6.45, 7) is 2.34. The van der Waals surface area contributed by atoms with Crippen LogP contribution in [-0.4, -0.2) is 42.7 Å². The Kier molecular flexibility index (Phi) is 6.05. The van der Waals surface area contributed by atoms with Crippen LogP contribution in [-0.2, 0) is 0 Å². The van der Waals surface area contributed by atoms with E-state index in [0.29, 0.717) is 30.8 Å². The molecule has 0 spiro atoms. The summed E-state index contributed by atoms with van der Waals surface area (Å²) >= 11 is 5.89. The molecule has 0 aliphatic heterocycles. The Morgan fingerprint density at radius 1 is 1.53 bits per heavy atom. The van der Waals surface area contributed by atoms with Crippen LogP contribution in [0.25, 0.3) is 0 Å². The van der Waals surface area contributed by atoms with Gasteiger partial charge in [-0.1, -0.05) is 18.5 Å². The van der Waals surface area contributed by atoms with E-state index >= 15 is 0 Å². The highest BCUT2D eigenvalue weighted by Gasteiger charge is 2.10. The number of hydrogen-bond donors (Lipinski definition) is 2. The summed E-state index contributed by atoms with van der Waals surface area (Å²) in [6.07, 6.45) is 0.849. The van der Waals surface area contributed by atoms with E-state index in [0.717, 1.165) is 0 Å². The topological polar surface area (TPSA) is 65.5 Å². The third-order valence-corrected chi connectivity index (χ3v) is 2.93. The molecule has 0 aromatic carbocycles. The molecule has 1 aromatic rings. The van der Waals surface area contributed by atoms with E-state index in [-0.39, 0.29) is 17.2 Å². The molecule has 1 rings (SSSR count). The molecule has 1 atom stereocenters. The standard InChI is InChI=1S/C13H20ClN3O2/c1-4-10(18)5-6-15-13(19)9-7-11(14)16-12(8-9)17(2)3/h7-8,10,18H,4-6H2,1-3H3,(H,15,19). The Balaban J connectivity index is 2.66. The second kappa shape index (κ2) is 7.31. The van der Waals surface area contributed by atoms with Gasteiger partial charge in [0, 0.05) is 26.2 Å². The van der Waals surface area contributed by atoms with Gasteiger partial charge in [-0.05, 0) is 25.0 Å². The first-order valence-corrected chi connectivity index (χ1v) is 6.63. The molecule has 0 fully saturated rings. The van der Waals surface area contributed by atoms with Crippen LogP contribution in [0.5, 0.6) is 0 Å². The molecule has 6 heteroatoms. The number of pyridine rings is 1. The summed E-state index contributed by atoms with van der Waals surface area (Å²) in [5, 5.41) is 12.4. The van der Waals surface area contributed by atoms with Crippen LogP contribution in [0.4, 0.5) is 5.82 Å². The molecule has 0 aliphatic rings. The Morgan fingerprint density at radius 3 is 2.79 bits per heavy atom. The van der Waals surface area contributed by atoms with Crippen LogP contribution < -0.4 is 10.2 Å². The first-order valence-electron chi connectivity index (χ1n) is 6.25. The first kappa shape index (κ1) is 15.7. The average Bonchev–Trinajstić information content (AvgIpc) is 2.37. The number of carbonyl (C=O) groups is 1. The highest BCUT2D eigenvalue weighted by molar-refractivity contribution is 6.29. The van der Waals surface area contributed by atoms with E-state index in [9.17, 15) is 9.90 Å². The zero-order chi connectivity index (χ0) is 14.4. The summed E-state index contributed by atoms with van der Waals surface area (Å²) in [4.78, 5) is 17.8. The van der Waals surface area contributed by atoms with Crippen molar-refractivity contribution in [3.8, 4) is 0 Å². The summed E-state index contributed by atoms with van der Waals surface area (Å²) in [6, 6.07) is 3.21. The van der Waals surface area contributed by atoms with Crippen LogP contribution in [0, 0.1) is 0 Å². The smallest absolute Gasteiger partial charge is 0.251 e. The first-order chi connectivity index (χ1) is 8.93. The van der Waals surface area contributed by atoms with Gasteiger partial charge in [0.1, 0.15) is 11.0 Å². The van der Waals surface area contributed by atoms with Gasteiger partial charge in [-0.3, -0.25) is 4.79 Å². The van der Waals surface area contributed by atoms with E-state index in [1.54, 1.807) is 11.0 Å². The fourth-order valence-corrected chi connectivity index (χ4v) is 1.71. The minimum Gasteiger partial charge on any atom is -0.393 e. The fraction of sp³-hybridized carbons (Fsp3) is 0.538. The number of nitrogens with zero attached hydrogens (tertiary/aromatic N) is 2. The number of anilines is 1. The Labute approximate surface area is 118 Å². The number of aliphatic hydroxyl groups excluding tert-OH is 1. The number of carbonyl (C=O) groups excluding carboxylic acids is 1. The van der Waals surface area contributed by atoms with Crippen molar-refractivity contribution in [3.05, 3.63) is 22.8 Å². The van der Waals surface area contributed by atoms with Crippen molar-refractivity contribution >= 4 is 23.3 Å². The van der Waals surface area contributed by atoms with Crippen molar-refractivity contribution in [3.63, 3.8) is 0 Å². The second-order valence-electron chi connectivity index (χ2n) is 4.54. The monoisotopic (exact) mass is 285 g/mol. The van der Waals surface area contributed by atoms with Gasteiger partial charge in [0.2, 0.25) is 0 Å².